The third-order valence-electron chi connectivity index (χ3n) is 4.36. The van der Waals surface area contributed by atoms with Gasteiger partial charge in [-0.25, -0.2) is 0 Å². The molecular weight excluding hydrogens is 834 g/mol. The second kappa shape index (κ2) is 12.2. The molecule has 0 N–H and O–H groups in total. The molecule has 0 aromatic rings. The second-order valence-corrected chi connectivity index (χ2v) is 12.1. The molecule has 0 aliphatic heterocycles. The summed E-state index contributed by atoms with van der Waals surface area (Å²) in [6, 6.07) is 0. The minimum Gasteiger partial charge on any atom is -0.200 e. The van der Waals surface area contributed by atoms with E-state index in [9.17, 15) is 52.7 Å². The molecule has 0 saturated carbocycles. The Bertz CT molecular complexity index is 539. The molecule has 2 unspecified atom stereocenters. The largest absolute Gasteiger partial charge is 0.384 e. The standard InChI is InChI=1S/C16H18Br2F12I2/c17-5-1-3-9(31)7-11(19,20)13(23,24)15(27,28)16(29,30)14(25,26)12(21,22)8-10(32)4-2-6-18/h9-10H,1-8H2. The Morgan fingerprint density at radius 1 is 0.500 bits per heavy atom. The number of rotatable bonds is 15. The molecule has 0 amide bonds. The van der Waals surface area contributed by atoms with Gasteiger partial charge in [0.25, 0.3) is 0 Å². The normalized spacial score (nSPS) is 16.9. The monoisotopic (exact) mass is 850 g/mol. The van der Waals surface area contributed by atoms with E-state index >= 15 is 0 Å². The fourth-order valence-corrected chi connectivity index (χ4v) is 5.10. The molecule has 0 rings (SSSR count). The van der Waals surface area contributed by atoms with E-state index in [1.165, 1.54) is 45.2 Å². The maximum Gasteiger partial charge on any atom is 0.384 e. The first kappa shape index (κ1) is 33.6. The van der Waals surface area contributed by atoms with E-state index in [-0.39, 0.29) is 36.3 Å². The van der Waals surface area contributed by atoms with E-state index < -0.39 is 56.2 Å². The Morgan fingerprint density at radius 3 is 0.969 bits per heavy atom. The van der Waals surface area contributed by atoms with Gasteiger partial charge in [-0.1, -0.05) is 77.0 Å². The quantitative estimate of drug-likeness (QED) is 0.0876. The molecule has 2 atom stereocenters. The fraction of sp³-hybridized carbons (Fsp3) is 1.00. The zero-order valence-electron chi connectivity index (χ0n) is 15.9. The highest BCUT2D eigenvalue weighted by Crippen LogP contribution is 2.61. The summed E-state index contributed by atoms with van der Waals surface area (Å²) in [6.07, 6.45) is -4.25. The summed E-state index contributed by atoms with van der Waals surface area (Å²) in [5, 5.41) is 0.467. The molecule has 0 fully saturated rings. The van der Waals surface area contributed by atoms with Gasteiger partial charge in [0.2, 0.25) is 0 Å². The zero-order chi connectivity index (χ0) is 25.8. The molecule has 0 aromatic heterocycles. The highest BCUT2D eigenvalue weighted by atomic mass is 127. The lowest BCUT2D eigenvalue weighted by molar-refractivity contribution is -0.425. The van der Waals surface area contributed by atoms with E-state index in [0.717, 1.165) is 0 Å². The van der Waals surface area contributed by atoms with Crippen LogP contribution in [0.2, 0.25) is 0 Å². The fourth-order valence-electron chi connectivity index (χ4n) is 2.47. The lowest BCUT2D eigenvalue weighted by Gasteiger charge is -2.42. The average molecular weight is 852 g/mol. The molecule has 32 heavy (non-hydrogen) atoms. The predicted octanol–water partition coefficient (Wildman–Crippen LogP) is 9.54. The molecule has 0 saturated heterocycles. The van der Waals surface area contributed by atoms with Crippen molar-refractivity contribution in [3.8, 4) is 0 Å². The summed E-state index contributed by atoms with van der Waals surface area (Å²) in [5.74, 6) is -40.8. The number of halogens is 16. The van der Waals surface area contributed by atoms with Crippen LogP contribution >= 0.6 is 77.0 Å². The Morgan fingerprint density at radius 2 is 0.750 bits per heavy atom. The molecule has 0 nitrogen and oxygen atoms in total. The van der Waals surface area contributed by atoms with E-state index in [0.29, 0.717) is 0 Å². The summed E-state index contributed by atoms with van der Waals surface area (Å²) in [7, 11) is 0. The zero-order valence-corrected chi connectivity index (χ0v) is 23.3. The molecular formula is C16H18Br2F12I2. The molecule has 0 aliphatic carbocycles. The lowest BCUT2D eigenvalue weighted by atomic mass is 9.88. The van der Waals surface area contributed by atoms with Crippen LogP contribution in [0.15, 0.2) is 0 Å². The summed E-state index contributed by atoms with van der Waals surface area (Å²) >= 11 is 8.21. The predicted molar refractivity (Wildman–Crippen MR) is 121 cm³/mol. The van der Waals surface area contributed by atoms with Gasteiger partial charge in [-0.3, -0.25) is 0 Å². The molecule has 0 aromatic carbocycles. The van der Waals surface area contributed by atoms with Crippen molar-refractivity contribution in [3.63, 3.8) is 0 Å². The second-order valence-electron chi connectivity index (χ2n) is 6.97. The topological polar surface area (TPSA) is 0 Å². The summed E-state index contributed by atoms with van der Waals surface area (Å²) in [5.41, 5.74) is 0. The number of alkyl halides is 16. The van der Waals surface area contributed by atoms with Crippen LogP contribution in [0.3, 0.4) is 0 Å². The molecule has 0 aliphatic rings. The van der Waals surface area contributed by atoms with Gasteiger partial charge in [0.1, 0.15) is 0 Å². The van der Waals surface area contributed by atoms with Crippen molar-refractivity contribution in [1.29, 1.82) is 0 Å². The van der Waals surface area contributed by atoms with Crippen LogP contribution in [0, 0.1) is 0 Å². The van der Waals surface area contributed by atoms with Crippen LogP contribution in [-0.2, 0) is 0 Å². The molecule has 0 spiro atoms. The Hall–Kier alpha value is 1.58. The van der Waals surface area contributed by atoms with Crippen molar-refractivity contribution in [2.45, 2.75) is 81.9 Å². The van der Waals surface area contributed by atoms with Crippen molar-refractivity contribution < 1.29 is 52.7 Å². The third kappa shape index (κ3) is 7.08. The first-order valence-electron chi connectivity index (χ1n) is 8.83. The average Bonchev–Trinajstić information content (AvgIpc) is 2.63. The minimum absolute atomic E-state index is 0.138. The van der Waals surface area contributed by atoms with Gasteiger partial charge in [-0.2, -0.15) is 52.7 Å². The van der Waals surface area contributed by atoms with Crippen molar-refractivity contribution in [2.75, 3.05) is 10.7 Å². The Labute approximate surface area is 220 Å². The summed E-state index contributed by atoms with van der Waals surface area (Å²) in [6.45, 7) is 0. The van der Waals surface area contributed by atoms with Gasteiger partial charge in [0, 0.05) is 31.4 Å². The van der Waals surface area contributed by atoms with Crippen LogP contribution in [0.4, 0.5) is 52.7 Å². The van der Waals surface area contributed by atoms with Gasteiger partial charge in [0.05, 0.1) is 0 Å². The molecule has 0 radical (unpaired) electrons. The Kier molecular flexibility index (Phi) is 12.8. The van der Waals surface area contributed by atoms with Crippen molar-refractivity contribution in [1.82, 2.24) is 0 Å². The maximum absolute atomic E-state index is 13.9. The number of hydrogen-bond donors (Lipinski definition) is 0. The first-order chi connectivity index (χ1) is 14.2. The smallest absolute Gasteiger partial charge is 0.200 e. The van der Waals surface area contributed by atoms with Gasteiger partial charge < -0.3 is 0 Å². The van der Waals surface area contributed by atoms with E-state index in [2.05, 4.69) is 31.9 Å². The van der Waals surface area contributed by atoms with Crippen LogP contribution in [0.25, 0.3) is 0 Å². The van der Waals surface area contributed by atoms with Crippen LogP contribution in [-0.4, -0.2) is 54.0 Å². The highest BCUT2D eigenvalue weighted by molar-refractivity contribution is 14.1. The highest BCUT2D eigenvalue weighted by Gasteiger charge is 2.89. The lowest BCUT2D eigenvalue weighted by Crippen LogP contribution is -2.70. The van der Waals surface area contributed by atoms with Crippen molar-refractivity contribution >= 4 is 77.0 Å². The summed E-state index contributed by atoms with van der Waals surface area (Å²) in [4.78, 5) is 0. The van der Waals surface area contributed by atoms with Gasteiger partial charge >= 0.3 is 35.5 Å². The third-order valence-corrected chi connectivity index (χ3v) is 7.61. The molecule has 194 valence electrons. The molecule has 0 heterocycles. The van der Waals surface area contributed by atoms with Crippen LogP contribution < -0.4 is 0 Å². The SMILES string of the molecule is FC(F)(CC(I)CCCBr)C(F)(F)C(F)(F)C(F)(F)C(F)(F)C(F)(F)CC(I)CCCBr. The van der Waals surface area contributed by atoms with Gasteiger partial charge in [0.15, 0.2) is 0 Å². The first-order valence-corrected chi connectivity index (χ1v) is 13.6. The number of hydrogen-bond acceptors (Lipinski definition) is 0. The van der Waals surface area contributed by atoms with Crippen LogP contribution in [0.5, 0.6) is 0 Å². The van der Waals surface area contributed by atoms with Gasteiger partial charge in [-0.15, -0.1) is 0 Å². The van der Waals surface area contributed by atoms with Crippen LogP contribution in [0.1, 0.15) is 38.5 Å². The molecule has 0 bridgehead atoms. The van der Waals surface area contributed by atoms with Gasteiger partial charge in [-0.05, 0) is 25.7 Å². The van der Waals surface area contributed by atoms with Crippen molar-refractivity contribution in [3.05, 3.63) is 0 Å². The summed E-state index contributed by atoms with van der Waals surface area (Å²) < 4.78 is 164. The van der Waals surface area contributed by atoms with Crippen molar-refractivity contribution in [2.24, 2.45) is 0 Å². The minimum atomic E-state index is -7.49. The van der Waals surface area contributed by atoms with E-state index in [1.54, 1.807) is 0 Å². The Balaban J connectivity index is 6.01. The maximum atomic E-state index is 13.9. The van der Waals surface area contributed by atoms with E-state index in [1.807, 2.05) is 0 Å². The molecule has 16 heteroatoms. The van der Waals surface area contributed by atoms with E-state index in [4.69, 9.17) is 0 Å².